The lowest BCUT2D eigenvalue weighted by molar-refractivity contribution is 0.000798. The van der Waals surface area contributed by atoms with Crippen LogP contribution in [0.25, 0.3) is 0 Å². The predicted octanol–water partition coefficient (Wildman–Crippen LogP) is -0.339. The Hall–Kier alpha value is 0.0700. The Labute approximate surface area is 77.1 Å². The number of ether oxygens (including phenoxy) is 1. The molecule has 6 heteroatoms. The second-order valence-corrected chi connectivity index (χ2v) is 6.24. The van der Waals surface area contributed by atoms with Crippen LogP contribution < -0.4 is 0 Å². The molecule has 1 saturated heterocycles. The van der Waals surface area contributed by atoms with Crippen molar-refractivity contribution in [3.63, 3.8) is 0 Å². The van der Waals surface area contributed by atoms with Crippen molar-refractivity contribution in [1.82, 2.24) is 0 Å². The number of aliphatic hydroxyl groups excluding tert-OH is 2. The van der Waals surface area contributed by atoms with Gasteiger partial charge in [0, 0.05) is 13.3 Å². The van der Waals surface area contributed by atoms with Gasteiger partial charge in [-0.05, 0) is 0 Å². The van der Waals surface area contributed by atoms with Gasteiger partial charge in [0.1, 0.15) is 18.3 Å². The summed E-state index contributed by atoms with van der Waals surface area (Å²) in [7, 11) is -2.54. The zero-order chi connectivity index (χ0) is 10.1. The van der Waals surface area contributed by atoms with Crippen LogP contribution in [0, 0.1) is 0 Å². The fraction of sp³-hybridized carbons (Fsp3) is 1.00. The Morgan fingerprint density at radius 3 is 2.54 bits per heavy atom. The maximum atomic E-state index is 11.1. The van der Waals surface area contributed by atoms with Crippen molar-refractivity contribution < 1.29 is 24.0 Å². The van der Waals surface area contributed by atoms with Crippen LogP contribution in [0.4, 0.5) is 0 Å². The van der Waals surface area contributed by atoms with Crippen LogP contribution in [0.15, 0.2) is 0 Å². The van der Waals surface area contributed by atoms with Crippen molar-refractivity contribution in [3.8, 4) is 0 Å². The fourth-order valence-electron chi connectivity index (χ4n) is 1.07. The summed E-state index contributed by atoms with van der Waals surface area (Å²) in [4.78, 5) is 0. The minimum Gasteiger partial charge on any atom is -0.388 e. The van der Waals surface area contributed by atoms with Gasteiger partial charge in [-0.1, -0.05) is 0 Å². The first-order valence-corrected chi connectivity index (χ1v) is 6.59. The highest BCUT2D eigenvalue weighted by Gasteiger charge is 2.35. The summed E-state index contributed by atoms with van der Waals surface area (Å²) in [5.74, 6) is 0. The molecule has 1 aliphatic heterocycles. The van der Waals surface area contributed by atoms with Crippen LogP contribution in [-0.4, -0.2) is 55.1 Å². The van der Waals surface area contributed by atoms with Crippen LogP contribution in [0.3, 0.4) is 0 Å². The molecule has 1 heterocycles. The van der Waals surface area contributed by atoms with Gasteiger partial charge in [-0.25, -0.2) is 0 Å². The average molecular weight is 210 g/mol. The SMILES string of the molecule is CP(C)(=O)OC[C@H]1OC[C@H](O)[C@@H]1O. The topological polar surface area (TPSA) is 76.0 Å². The lowest BCUT2D eigenvalue weighted by Gasteiger charge is -2.16. The average Bonchev–Trinajstić information content (AvgIpc) is 2.29. The molecule has 2 N–H and O–H groups in total. The first kappa shape index (κ1) is 11.1. The Morgan fingerprint density at radius 2 is 2.15 bits per heavy atom. The summed E-state index contributed by atoms with van der Waals surface area (Å²) < 4.78 is 21.2. The van der Waals surface area contributed by atoms with Crippen molar-refractivity contribution in [1.29, 1.82) is 0 Å². The number of rotatable bonds is 3. The summed E-state index contributed by atoms with van der Waals surface area (Å²) in [6.07, 6.45) is -2.36. The van der Waals surface area contributed by atoms with Gasteiger partial charge < -0.3 is 19.5 Å². The molecule has 1 aliphatic rings. The van der Waals surface area contributed by atoms with Crippen LogP contribution in [0.2, 0.25) is 0 Å². The van der Waals surface area contributed by atoms with E-state index in [9.17, 15) is 9.67 Å². The van der Waals surface area contributed by atoms with E-state index in [-0.39, 0.29) is 13.2 Å². The molecule has 0 aromatic carbocycles. The van der Waals surface area contributed by atoms with Gasteiger partial charge in [-0.2, -0.15) is 0 Å². The maximum Gasteiger partial charge on any atom is 0.197 e. The van der Waals surface area contributed by atoms with Gasteiger partial charge in [0.15, 0.2) is 7.37 Å². The molecule has 0 aromatic heterocycles. The molecule has 1 rings (SSSR count). The van der Waals surface area contributed by atoms with E-state index >= 15 is 0 Å². The van der Waals surface area contributed by atoms with Crippen LogP contribution in [-0.2, 0) is 13.8 Å². The smallest absolute Gasteiger partial charge is 0.197 e. The standard InChI is InChI=1S/C7H15O5P/c1-13(2,10)12-4-6-7(9)5(8)3-11-6/h5-9H,3-4H2,1-2H3/t5-,6+,7-/m0/s1. The van der Waals surface area contributed by atoms with Crippen molar-refractivity contribution >= 4 is 7.37 Å². The molecule has 0 aliphatic carbocycles. The Morgan fingerprint density at radius 1 is 1.54 bits per heavy atom. The van der Waals surface area contributed by atoms with Crippen molar-refractivity contribution in [2.45, 2.75) is 18.3 Å². The molecule has 3 atom stereocenters. The van der Waals surface area contributed by atoms with Crippen molar-refractivity contribution in [2.75, 3.05) is 26.5 Å². The summed E-state index contributed by atoms with van der Waals surface area (Å²) in [5.41, 5.74) is 0. The fourth-order valence-corrected chi connectivity index (χ4v) is 1.57. The van der Waals surface area contributed by atoms with Crippen molar-refractivity contribution in [2.24, 2.45) is 0 Å². The first-order valence-electron chi connectivity index (χ1n) is 4.07. The van der Waals surface area contributed by atoms with E-state index in [4.69, 9.17) is 14.4 Å². The van der Waals surface area contributed by atoms with Gasteiger partial charge in [0.05, 0.1) is 13.2 Å². The monoisotopic (exact) mass is 210 g/mol. The molecule has 0 aromatic rings. The highest BCUT2D eigenvalue weighted by molar-refractivity contribution is 7.57. The summed E-state index contributed by atoms with van der Waals surface area (Å²) in [6, 6.07) is 0. The number of hydrogen-bond acceptors (Lipinski definition) is 5. The van der Waals surface area contributed by atoms with Crippen LogP contribution in [0.5, 0.6) is 0 Å². The Balaban J connectivity index is 2.35. The Bertz CT molecular complexity index is 213. The minimum atomic E-state index is -2.54. The largest absolute Gasteiger partial charge is 0.388 e. The highest BCUT2D eigenvalue weighted by atomic mass is 31.2. The molecule has 0 spiro atoms. The Kier molecular flexibility index (Phi) is 3.49. The molecule has 0 amide bonds. The first-order chi connectivity index (χ1) is 5.90. The van der Waals surface area contributed by atoms with Gasteiger partial charge in [-0.3, -0.25) is 4.57 Å². The normalized spacial score (nSPS) is 35.2. The second-order valence-electron chi connectivity index (χ2n) is 3.48. The van der Waals surface area contributed by atoms with Gasteiger partial charge >= 0.3 is 0 Å². The van der Waals surface area contributed by atoms with Gasteiger partial charge in [-0.15, -0.1) is 0 Å². The quantitative estimate of drug-likeness (QED) is 0.623. The lowest BCUT2D eigenvalue weighted by atomic mass is 10.2. The third-order valence-corrected chi connectivity index (χ3v) is 2.58. The molecule has 1 fully saturated rings. The van der Waals surface area contributed by atoms with E-state index in [1.807, 2.05) is 0 Å². The maximum absolute atomic E-state index is 11.1. The van der Waals surface area contributed by atoms with Gasteiger partial charge in [0.25, 0.3) is 0 Å². The van der Waals surface area contributed by atoms with E-state index in [2.05, 4.69) is 0 Å². The van der Waals surface area contributed by atoms with E-state index < -0.39 is 25.7 Å². The molecule has 78 valence electrons. The molecule has 13 heavy (non-hydrogen) atoms. The van der Waals surface area contributed by atoms with E-state index in [1.54, 1.807) is 0 Å². The molecule has 0 saturated carbocycles. The molecule has 0 unspecified atom stereocenters. The van der Waals surface area contributed by atoms with E-state index in [1.165, 1.54) is 13.3 Å². The molecule has 0 bridgehead atoms. The summed E-state index contributed by atoms with van der Waals surface area (Å²) >= 11 is 0. The van der Waals surface area contributed by atoms with E-state index in [0.717, 1.165) is 0 Å². The van der Waals surface area contributed by atoms with Gasteiger partial charge in [0.2, 0.25) is 0 Å². The molecule has 5 nitrogen and oxygen atoms in total. The molecule has 0 radical (unpaired) electrons. The number of aliphatic hydroxyl groups is 2. The summed E-state index contributed by atoms with van der Waals surface area (Å²) in [5, 5.41) is 18.4. The highest BCUT2D eigenvalue weighted by Crippen LogP contribution is 2.37. The second kappa shape index (κ2) is 4.07. The third-order valence-electron chi connectivity index (χ3n) is 1.81. The van der Waals surface area contributed by atoms with Crippen LogP contribution >= 0.6 is 7.37 Å². The zero-order valence-corrected chi connectivity index (χ0v) is 8.61. The summed E-state index contributed by atoms with van der Waals surface area (Å²) in [6.45, 7) is 3.14. The predicted molar refractivity (Wildman–Crippen MR) is 47.2 cm³/mol. The van der Waals surface area contributed by atoms with E-state index in [0.29, 0.717) is 0 Å². The molecular weight excluding hydrogens is 195 g/mol. The zero-order valence-electron chi connectivity index (χ0n) is 7.71. The van der Waals surface area contributed by atoms with Crippen LogP contribution in [0.1, 0.15) is 0 Å². The number of hydrogen-bond donors (Lipinski definition) is 2. The lowest BCUT2D eigenvalue weighted by Crippen LogP contribution is -2.32. The molecular formula is C7H15O5P. The minimum absolute atomic E-state index is 0.0580. The third kappa shape index (κ3) is 3.37. The van der Waals surface area contributed by atoms with Crippen molar-refractivity contribution in [3.05, 3.63) is 0 Å².